The van der Waals surface area contributed by atoms with Gasteiger partial charge < -0.3 is 9.88 Å². The predicted molar refractivity (Wildman–Crippen MR) is 114 cm³/mol. The van der Waals surface area contributed by atoms with Crippen molar-refractivity contribution < 1.29 is 13.2 Å². The molecule has 6 nitrogen and oxygen atoms in total. The van der Waals surface area contributed by atoms with E-state index in [4.69, 9.17) is 0 Å². The molecule has 0 unspecified atom stereocenters. The monoisotopic (exact) mass is 417 g/mol. The Labute approximate surface area is 173 Å². The molecule has 29 heavy (non-hydrogen) atoms. The summed E-state index contributed by atoms with van der Waals surface area (Å²) in [5.74, 6) is 0.603. The summed E-state index contributed by atoms with van der Waals surface area (Å²) in [4.78, 5) is 12.8. The van der Waals surface area contributed by atoms with E-state index in [1.165, 1.54) is 19.3 Å². The molecular formula is C22H31N3O3S. The lowest BCUT2D eigenvalue weighted by Gasteiger charge is -2.29. The topological polar surface area (TPSA) is 71.4 Å². The standard InChI is InChI=1S/C22H31N3O3S/c1-17-9-13-25(14-10-17)29(27,28)20-7-8-21-18(15-20)11-12-24(21)16-22(26)23-19-5-3-2-4-6-19/h7-8,11-12,15,17,19H,2-6,9-10,13-14,16H2,1H3,(H,23,26). The Bertz CT molecular complexity index is 968. The van der Waals surface area contributed by atoms with Gasteiger partial charge in [0.15, 0.2) is 0 Å². The van der Waals surface area contributed by atoms with Crippen molar-refractivity contribution >= 4 is 26.8 Å². The minimum absolute atomic E-state index is 0.0218. The van der Waals surface area contributed by atoms with E-state index in [-0.39, 0.29) is 12.5 Å². The highest BCUT2D eigenvalue weighted by molar-refractivity contribution is 7.89. The maximum atomic E-state index is 13.0. The van der Waals surface area contributed by atoms with Gasteiger partial charge in [0.2, 0.25) is 15.9 Å². The van der Waals surface area contributed by atoms with E-state index in [2.05, 4.69) is 12.2 Å². The molecule has 0 spiro atoms. The van der Waals surface area contributed by atoms with Crippen LogP contribution >= 0.6 is 0 Å². The van der Waals surface area contributed by atoms with E-state index in [1.807, 2.05) is 22.9 Å². The van der Waals surface area contributed by atoms with Crippen molar-refractivity contribution in [3.63, 3.8) is 0 Å². The van der Waals surface area contributed by atoms with Gasteiger partial charge in [-0.3, -0.25) is 4.79 Å². The lowest BCUT2D eigenvalue weighted by molar-refractivity contribution is -0.122. The highest BCUT2D eigenvalue weighted by atomic mass is 32.2. The SMILES string of the molecule is CC1CCN(S(=O)(=O)c2ccc3c(ccn3CC(=O)NC3CCCCC3)c2)CC1. The number of sulfonamides is 1. The van der Waals surface area contributed by atoms with Gasteiger partial charge in [0.05, 0.1) is 4.90 Å². The molecular weight excluding hydrogens is 386 g/mol. The molecule has 0 bridgehead atoms. The molecule has 1 aromatic carbocycles. The number of hydrogen-bond donors (Lipinski definition) is 1. The molecule has 4 rings (SSSR count). The first-order chi connectivity index (χ1) is 13.9. The molecule has 1 amide bonds. The van der Waals surface area contributed by atoms with Gasteiger partial charge >= 0.3 is 0 Å². The van der Waals surface area contributed by atoms with Crippen molar-refractivity contribution in [1.29, 1.82) is 0 Å². The van der Waals surface area contributed by atoms with E-state index in [0.717, 1.165) is 36.6 Å². The molecule has 1 N–H and O–H groups in total. The van der Waals surface area contributed by atoms with Crippen LogP contribution in [-0.2, 0) is 21.4 Å². The summed E-state index contributed by atoms with van der Waals surface area (Å²) >= 11 is 0. The minimum atomic E-state index is -3.47. The van der Waals surface area contributed by atoms with E-state index >= 15 is 0 Å². The highest BCUT2D eigenvalue weighted by Gasteiger charge is 2.28. The molecule has 0 radical (unpaired) electrons. The maximum absolute atomic E-state index is 13.0. The smallest absolute Gasteiger partial charge is 0.243 e. The van der Waals surface area contributed by atoms with Gasteiger partial charge in [-0.15, -0.1) is 0 Å². The van der Waals surface area contributed by atoms with E-state index in [0.29, 0.717) is 29.9 Å². The summed E-state index contributed by atoms with van der Waals surface area (Å²) in [6.45, 7) is 3.60. The Morgan fingerprint density at radius 1 is 1.07 bits per heavy atom. The lowest BCUT2D eigenvalue weighted by Crippen LogP contribution is -2.38. The first-order valence-corrected chi connectivity index (χ1v) is 12.3. The molecule has 1 aliphatic heterocycles. The molecule has 2 fully saturated rings. The van der Waals surface area contributed by atoms with Crippen LogP contribution in [0, 0.1) is 5.92 Å². The number of piperidine rings is 1. The van der Waals surface area contributed by atoms with Crippen molar-refractivity contribution in [1.82, 2.24) is 14.2 Å². The average molecular weight is 418 g/mol. The quantitative estimate of drug-likeness (QED) is 0.809. The van der Waals surface area contributed by atoms with Gasteiger partial charge in [-0.25, -0.2) is 8.42 Å². The summed E-state index contributed by atoms with van der Waals surface area (Å²) < 4.78 is 29.5. The van der Waals surface area contributed by atoms with E-state index < -0.39 is 10.0 Å². The van der Waals surface area contributed by atoms with Crippen molar-refractivity contribution in [2.24, 2.45) is 5.92 Å². The van der Waals surface area contributed by atoms with Crippen LogP contribution in [0.15, 0.2) is 35.4 Å². The van der Waals surface area contributed by atoms with Crippen molar-refractivity contribution in [3.05, 3.63) is 30.5 Å². The lowest BCUT2D eigenvalue weighted by atomic mass is 9.95. The number of amides is 1. The Balaban J connectivity index is 1.47. The molecule has 2 aromatic rings. The second-order valence-electron chi connectivity index (χ2n) is 8.65. The predicted octanol–water partition coefficient (Wildman–Crippen LogP) is 3.51. The van der Waals surface area contributed by atoms with Crippen LogP contribution in [0.1, 0.15) is 51.9 Å². The van der Waals surface area contributed by atoms with E-state index in [9.17, 15) is 13.2 Å². The third kappa shape index (κ3) is 4.51. The summed E-state index contributed by atoms with van der Waals surface area (Å²) in [5.41, 5.74) is 0.884. The number of nitrogens with zero attached hydrogens (tertiary/aromatic N) is 2. The molecule has 2 heterocycles. The normalized spacial score (nSPS) is 20.2. The molecule has 1 aromatic heterocycles. The summed E-state index contributed by atoms with van der Waals surface area (Å²) in [5, 5.41) is 3.99. The summed E-state index contributed by atoms with van der Waals surface area (Å²) in [6, 6.07) is 7.41. The van der Waals surface area contributed by atoms with Gasteiger partial charge in [-0.1, -0.05) is 26.2 Å². The molecule has 1 saturated heterocycles. The third-order valence-corrected chi connectivity index (χ3v) is 8.30. The van der Waals surface area contributed by atoms with Crippen LogP contribution in [0.3, 0.4) is 0 Å². The number of fused-ring (bicyclic) bond motifs is 1. The fraction of sp³-hybridized carbons (Fsp3) is 0.591. The number of hydrogen-bond acceptors (Lipinski definition) is 3. The molecule has 2 aliphatic rings. The van der Waals surface area contributed by atoms with E-state index in [1.54, 1.807) is 16.4 Å². The molecule has 1 saturated carbocycles. The van der Waals surface area contributed by atoms with Crippen molar-refractivity contribution in [2.45, 2.75) is 69.4 Å². The summed E-state index contributed by atoms with van der Waals surface area (Å²) in [7, 11) is -3.47. The number of carbonyl (C=O) groups is 1. The van der Waals surface area contributed by atoms with Gasteiger partial charge in [-0.2, -0.15) is 4.31 Å². The molecule has 1 aliphatic carbocycles. The number of aromatic nitrogens is 1. The minimum Gasteiger partial charge on any atom is -0.352 e. The van der Waals surface area contributed by atoms with Crippen LogP contribution in [0.5, 0.6) is 0 Å². The number of benzene rings is 1. The van der Waals surface area contributed by atoms with Crippen LogP contribution in [0.4, 0.5) is 0 Å². The van der Waals surface area contributed by atoms with Crippen LogP contribution in [0.25, 0.3) is 10.9 Å². The second kappa shape index (κ2) is 8.48. The van der Waals surface area contributed by atoms with Crippen LogP contribution < -0.4 is 5.32 Å². The van der Waals surface area contributed by atoms with Gasteiger partial charge in [0.25, 0.3) is 0 Å². The zero-order chi connectivity index (χ0) is 20.4. The zero-order valence-electron chi connectivity index (χ0n) is 17.1. The van der Waals surface area contributed by atoms with Gasteiger partial charge in [0, 0.05) is 36.2 Å². The summed E-state index contributed by atoms with van der Waals surface area (Å²) in [6.07, 6.45) is 9.45. The zero-order valence-corrected chi connectivity index (χ0v) is 18.0. The number of nitrogens with one attached hydrogen (secondary N) is 1. The Kier molecular flexibility index (Phi) is 5.97. The largest absolute Gasteiger partial charge is 0.352 e. The fourth-order valence-corrected chi connectivity index (χ4v) is 6.03. The first-order valence-electron chi connectivity index (χ1n) is 10.8. The molecule has 0 atom stereocenters. The van der Waals surface area contributed by atoms with Gasteiger partial charge in [-0.05, 0) is 55.9 Å². The Morgan fingerprint density at radius 2 is 1.79 bits per heavy atom. The third-order valence-electron chi connectivity index (χ3n) is 6.41. The number of carbonyl (C=O) groups excluding carboxylic acids is 1. The average Bonchev–Trinajstić information content (AvgIpc) is 3.11. The molecule has 7 heteroatoms. The maximum Gasteiger partial charge on any atom is 0.243 e. The van der Waals surface area contributed by atoms with Gasteiger partial charge in [0.1, 0.15) is 6.54 Å². The highest BCUT2D eigenvalue weighted by Crippen LogP contribution is 2.26. The van der Waals surface area contributed by atoms with Crippen molar-refractivity contribution in [3.8, 4) is 0 Å². The Hall–Kier alpha value is -1.86. The van der Waals surface area contributed by atoms with Crippen molar-refractivity contribution in [2.75, 3.05) is 13.1 Å². The molecule has 158 valence electrons. The van der Waals surface area contributed by atoms with Crippen LogP contribution in [0.2, 0.25) is 0 Å². The first kappa shape index (κ1) is 20.4. The Morgan fingerprint density at radius 3 is 2.52 bits per heavy atom. The number of rotatable bonds is 5. The van der Waals surface area contributed by atoms with Crippen LogP contribution in [-0.4, -0.2) is 42.3 Å². The second-order valence-corrected chi connectivity index (χ2v) is 10.6. The fourth-order valence-electron chi connectivity index (χ4n) is 4.53.